The maximum absolute atomic E-state index is 5.94. The van der Waals surface area contributed by atoms with Gasteiger partial charge in [0.25, 0.3) is 0 Å². The molecule has 0 amide bonds. The summed E-state index contributed by atoms with van der Waals surface area (Å²) in [7, 11) is 0. The number of nitrogens with two attached hydrogens (primary N) is 1. The van der Waals surface area contributed by atoms with Crippen molar-refractivity contribution >= 4 is 30.7 Å². The van der Waals surface area contributed by atoms with Crippen LogP contribution in [0.5, 0.6) is 0 Å². The van der Waals surface area contributed by atoms with Gasteiger partial charge in [0, 0.05) is 11.0 Å². The van der Waals surface area contributed by atoms with Crippen LogP contribution in [0, 0.1) is 0 Å². The van der Waals surface area contributed by atoms with Gasteiger partial charge in [0.15, 0.2) is 0 Å². The molecule has 0 saturated carbocycles. The molecule has 92 valence electrons. The molecular formula is C10H20N4S2. The van der Waals surface area contributed by atoms with Gasteiger partial charge in [0.2, 0.25) is 5.79 Å². The molecule has 0 spiro atoms. The van der Waals surface area contributed by atoms with E-state index in [1.807, 2.05) is 11.8 Å². The molecule has 0 saturated heterocycles. The maximum atomic E-state index is 5.94. The molecule has 1 rings (SSSR count). The van der Waals surface area contributed by atoms with E-state index in [0.29, 0.717) is 5.25 Å². The van der Waals surface area contributed by atoms with Crippen LogP contribution in [0.15, 0.2) is 15.2 Å². The molecule has 16 heavy (non-hydrogen) atoms. The molecule has 1 aliphatic heterocycles. The Hall–Kier alpha value is -0.0700. The lowest BCUT2D eigenvalue weighted by Crippen LogP contribution is -2.44. The van der Waals surface area contributed by atoms with Gasteiger partial charge in [-0.3, -0.25) is 5.73 Å². The second-order valence-electron chi connectivity index (χ2n) is 4.05. The number of rotatable bonds is 7. The van der Waals surface area contributed by atoms with Gasteiger partial charge < -0.3 is 0 Å². The number of thioether (sulfide) groups is 1. The summed E-state index contributed by atoms with van der Waals surface area (Å²) in [5.41, 5.74) is 5.94. The second kappa shape index (κ2) is 6.61. The van der Waals surface area contributed by atoms with Gasteiger partial charge in [-0.2, -0.15) is 24.4 Å². The average Bonchev–Trinajstić information content (AvgIpc) is 2.71. The SMILES string of the molecule is CCCCC(C)SCC(S)C1(N)N=CN=N1. The molecule has 0 aromatic rings. The standard InChI is InChI=1S/C10H20N4S2/c1-3-4-5-8(2)16-6-9(15)10(11)12-7-13-14-10/h7-9,15H,3-6,11H2,1-2H3. The van der Waals surface area contributed by atoms with Crippen LogP contribution in [-0.2, 0) is 0 Å². The Kier molecular flexibility index (Phi) is 5.78. The Balaban J connectivity index is 2.27. The fraction of sp³-hybridized carbons (Fsp3) is 0.900. The summed E-state index contributed by atoms with van der Waals surface area (Å²) in [6.07, 6.45) is 5.16. The van der Waals surface area contributed by atoms with Gasteiger partial charge in [0.05, 0.1) is 5.25 Å². The summed E-state index contributed by atoms with van der Waals surface area (Å²) in [6.45, 7) is 4.45. The van der Waals surface area contributed by atoms with E-state index in [1.54, 1.807) is 0 Å². The van der Waals surface area contributed by atoms with E-state index in [4.69, 9.17) is 5.73 Å². The fourth-order valence-electron chi connectivity index (χ4n) is 1.37. The first-order valence-electron chi connectivity index (χ1n) is 5.62. The molecule has 0 bridgehead atoms. The van der Waals surface area contributed by atoms with Crippen LogP contribution >= 0.6 is 24.4 Å². The first kappa shape index (κ1) is 14.0. The highest BCUT2D eigenvalue weighted by Gasteiger charge is 2.34. The Bertz CT molecular complexity index is 256. The van der Waals surface area contributed by atoms with Crippen molar-refractivity contribution < 1.29 is 0 Å². The summed E-state index contributed by atoms with van der Waals surface area (Å²) in [4.78, 5) is 4.04. The van der Waals surface area contributed by atoms with Gasteiger partial charge in [0.1, 0.15) is 6.34 Å². The average molecular weight is 260 g/mol. The molecule has 0 radical (unpaired) electrons. The van der Waals surface area contributed by atoms with Crippen molar-refractivity contribution in [1.29, 1.82) is 0 Å². The molecule has 1 aliphatic rings. The zero-order valence-electron chi connectivity index (χ0n) is 9.83. The molecule has 0 aromatic carbocycles. The topological polar surface area (TPSA) is 63.1 Å². The highest BCUT2D eigenvalue weighted by molar-refractivity contribution is 8.00. The fourth-order valence-corrected chi connectivity index (χ4v) is 2.83. The Morgan fingerprint density at radius 1 is 1.56 bits per heavy atom. The number of nitrogens with zero attached hydrogens (tertiary/aromatic N) is 3. The lowest BCUT2D eigenvalue weighted by atomic mass is 10.2. The molecule has 3 atom stereocenters. The van der Waals surface area contributed by atoms with Crippen molar-refractivity contribution in [2.75, 3.05) is 5.75 Å². The molecule has 1 heterocycles. The van der Waals surface area contributed by atoms with Crippen molar-refractivity contribution in [1.82, 2.24) is 0 Å². The van der Waals surface area contributed by atoms with Crippen molar-refractivity contribution in [2.24, 2.45) is 21.0 Å². The van der Waals surface area contributed by atoms with E-state index >= 15 is 0 Å². The molecular weight excluding hydrogens is 240 g/mol. The van der Waals surface area contributed by atoms with Crippen LogP contribution < -0.4 is 5.73 Å². The smallest absolute Gasteiger partial charge is 0.235 e. The third-order valence-corrected chi connectivity index (χ3v) is 4.67. The quantitative estimate of drug-likeness (QED) is 0.691. The molecule has 0 fully saturated rings. The van der Waals surface area contributed by atoms with Crippen LogP contribution in [0.2, 0.25) is 0 Å². The first-order chi connectivity index (χ1) is 7.58. The number of hydrogen-bond acceptors (Lipinski definition) is 6. The summed E-state index contributed by atoms with van der Waals surface area (Å²) in [6, 6.07) is 0. The Morgan fingerprint density at radius 3 is 2.88 bits per heavy atom. The zero-order chi connectivity index (χ0) is 12.0. The normalized spacial score (nSPS) is 27.2. The number of unbranched alkanes of at least 4 members (excludes halogenated alkanes) is 1. The maximum Gasteiger partial charge on any atom is 0.235 e. The minimum Gasteiger partial charge on any atom is -0.286 e. The third kappa shape index (κ3) is 4.07. The summed E-state index contributed by atoms with van der Waals surface area (Å²) in [5, 5.41) is 8.14. The number of thiol groups is 1. The van der Waals surface area contributed by atoms with E-state index in [2.05, 4.69) is 41.7 Å². The van der Waals surface area contributed by atoms with Gasteiger partial charge in [-0.25, -0.2) is 4.99 Å². The van der Waals surface area contributed by atoms with E-state index in [1.165, 1.54) is 25.6 Å². The molecule has 4 nitrogen and oxygen atoms in total. The summed E-state index contributed by atoms with van der Waals surface area (Å²) < 4.78 is 0. The zero-order valence-corrected chi connectivity index (χ0v) is 11.5. The van der Waals surface area contributed by atoms with E-state index in [-0.39, 0.29) is 5.25 Å². The van der Waals surface area contributed by atoms with Crippen molar-refractivity contribution in [3.05, 3.63) is 0 Å². The van der Waals surface area contributed by atoms with Crippen LogP contribution in [0.1, 0.15) is 33.1 Å². The minimum atomic E-state index is -0.944. The summed E-state index contributed by atoms with van der Waals surface area (Å²) in [5.74, 6) is -0.0958. The number of hydrogen-bond donors (Lipinski definition) is 2. The third-order valence-electron chi connectivity index (χ3n) is 2.53. The second-order valence-corrected chi connectivity index (χ2v) is 6.14. The Morgan fingerprint density at radius 2 is 2.31 bits per heavy atom. The van der Waals surface area contributed by atoms with Gasteiger partial charge >= 0.3 is 0 Å². The van der Waals surface area contributed by atoms with Crippen LogP contribution in [0.4, 0.5) is 0 Å². The number of aliphatic imine (C=N–C) groups is 1. The van der Waals surface area contributed by atoms with Gasteiger partial charge in [-0.05, 0) is 6.42 Å². The lowest BCUT2D eigenvalue weighted by Gasteiger charge is -2.23. The molecule has 3 unspecified atom stereocenters. The van der Waals surface area contributed by atoms with Crippen LogP contribution in [0.3, 0.4) is 0 Å². The van der Waals surface area contributed by atoms with E-state index < -0.39 is 5.79 Å². The lowest BCUT2D eigenvalue weighted by molar-refractivity contribution is 0.468. The highest BCUT2D eigenvalue weighted by atomic mass is 32.2. The van der Waals surface area contributed by atoms with Crippen molar-refractivity contribution in [3.63, 3.8) is 0 Å². The van der Waals surface area contributed by atoms with E-state index in [0.717, 1.165) is 5.75 Å². The van der Waals surface area contributed by atoms with Crippen molar-refractivity contribution in [3.8, 4) is 0 Å². The largest absolute Gasteiger partial charge is 0.286 e. The van der Waals surface area contributed by atoms with Crippen LogP contribution in [-0.4, -0.2) is 28.4 Å². The Labute approximate surface area is 107 Å². The van der Waals surface area contributed by atoms with Gasteiger partial charge in [-0.15, -0.1) is 10.2 Å². The first-order valence-corrected chi connectivity index (χ1v) is 7.19. The highest BCUT2D eigenvalue weighted by Crippen LogP contribution is 2.26. The predicted octanol–water partition coefficient (Wildman–Crippen LogP) is 2.70. The van der Waals surface area contributed by atoms with E-state index in [9.17, 15) is 0 Å². The minimum absolute atomic E-state index is 0.0796. The van der Waals surface area contributed by atoms with Crippen LogP contribution in [0.25, 0.3) is 0 Å². The molecule has 0 aliphatic carbocycles. The predicted molar refractivity (Wildman–Crippen MR) is 74.5 cm³/mol. The monoisotopic (exact) mass is 260 g/mol. The molecule has 6 heteroatoms. The number of azo groups is 1. The molecule has 0 aromatic heterocycles. The van der Waals surface area contributed by atoms with Crippen molar-refractivity contribution in [2.45, 2.75) is 49.4 Å². The van der Waals surface area contributed by atoms with Gasteiger partial charge in [-0.1, -0.05) is 26.7 Å². The summed E-state index contributed by atoms with van der Waals surface area (Å²) >= 11 is 6.34. The molecule has 2 N–H and O–H groups in total.